The maximum absolute atomic E-state index is 9.40. The molecule has 1 aromatic carbocycles. The molecule has 0 amide bonds. The first-order chi connectivity index (χ1) is 7.24. The number of hydrogen-bond acceptors (Lipinski definition) is 2. The van der Waals surface area contributed by atoms with E-state index in [2.05, 4.69) is 4.98 Å². The minimum Gasteiger partial charge on any atom is -0.508 e. The summed E-state index contributed by atoms with van der Waals surface area (Å²) < 4.78 is 0. The molecule has 4 N–H and O–H groups in total. The lowest BCUT2D eigenvalue weighted by atomic mass is 9.92. The number of fused-ring (bicyclic) bond motifs is 3. The molecule has 1 aliphatic carbocycles. The molecule has 0 saturated heterocycles. The van der Waals surface area contributed by atoms with Gasteiger partial charge in [-0.05, 0) is 37.0 Å². The highest BCUT2D eigenvalue weighted by Crippen LogP contribution is 2.30. The Hall–Kier alpha value is -1.48. The summed E-state index contributed by atoms with van der Waals surface area (Å²) in [7, 11) is 0. The predicted molar refractivity (Wildman–Crippen MR) is 60.0 cm³/mol. The lowest BCUT2D eigenvalue weighted by molar-refractivity contribution is 0.476. The van der Waals surface area contributed by atoms with Gasteiger partial charge in [0.2, 0.25) is 0 Å². The summed E-state index contributed by atoms with van der Waals surface area (Å²) in [5, 5.41) is 10.6. The molecule has 0 radical (unpaired) electrons. The van der Waals surface area contributed by atoms with Crippen LogP contribution in [0.2, 0.25) is 0 Å². The number of aromatic amines is 1. The molecule has 1 unspecified atom stereocenters. The maximum atomic E-state index is 9.40. The molecule has 1 aromatic heterocycles. The van der Waals surface area contributed by atoms with Crippen molar-refractivity contribution in [3.05, 3.63) is 29.5 Å². The number of nitrogens with two attached hydrogens (primary N) is 1. The van der Waals surface area contributed by atoms with Gasteiger partial charge >= 0.3 is 0 Å². The Balaban J connectivity index is 2.24. The van der Waals surface area contributed by atoms with Gasteiger partial charge in [-0.15, -0.1) is 0 Å². The van der Waals surface area contributed by atoms with E-state index >= 15 is 0 Å². The third kappa shape index (κ3) is 1.31. The first-order valence-corrected chi connectivity index (χ1v) is 5.32. The van der Waals surface area contributed by atoms with E-state index in [1.54, 1.807) is 12.1 Å². The zero-order valence-corrected chi connectivity index (χ0v) is 8.46. The zero-order chi connectivity index (χ0) is 10.4. The van der Waals surface area contributed by atoms with E-state index in [4.69, 9.17) is 5.73 Å². The number of phenols is 1. The second kappa shape index (κ2) is 3.00. The summed E-state index contributed by atoms with van der Waals surface area (Å²) in [6, 6.07) is 5.76. The molecule has 1 heterocycles. The summed E-state index contributed by atoms with van der Waals surface area (Å²) in [6.07, 6.45) is 3.01. The van der Waals surface area contributed by atoms with Gasteiger partial charge in [0.05, 0.1) is 0 Å². The van der Waals surface area contributed by atoms with Crippen LogP contribution >= 0.6 is 0 Å². The van der Waals surface area contributed by atoms with E-state index in [0.717, 1.165) is 24.8 Å². The molecule has 15 heavy (non-hydrogen) atoms. The van der Waals surface area contributed by atoms with Gasteiger partial charge in [0.1, 0.15) is 5.75 Å². The maximum Gasteiger partial charge on any atom is 0.117 e. The molecular weight excluding hydrogens is 188 g/mol. The average Bonchev–Trinajstić information content (AvgIpc) is 2.54. The number of aromatic nitrogens is 1. The second-order valence-corrected chi connectivity index (χ2v) is 4.31. The lowest BCUT2D eigenvalue weighted by Crippen LogP contribution is -2.27. The van der Waals surface area contributed by atoms with Gasteiger partial charge in [-0.25, -0.2) is 0 Å². The SMILES string of the molecule is NC1CCc2[nH]c3cc(O)ccc3c2C1. The van der Waals surface area contributed by atoms with Crippen LogP contribution in [0, 0.1) is 0 Å². The number of aromatic hydroxyl groups is 1. The van der Waals surface area contributed by atoms with Crippen molar-refractivity contribution in [2.45, 2.75) is 25.3 Å². The van der Waals surface area contributed by atoms with Gasteiger partial charge in [0.25, 0.3) is 0 Å². The fraction of sp³-hybridized carbons (Fsp3) is 0.333. The van der Waals surface area contributed by atoms with Crippen LogP contribution in [-0.2, 0) is 12.8 Å². The van der Waals surface area contributed by atoms with Crippen molar-refractivity contribution in [2.24, 2.45) is 5.73 Å². The van der Waals surface area contributed by atoms with Gasteiger partial charge in [0, 0.05) is 28.7 Å². The zero-order valence-electron chi connectivity index (χ0n) is 8.46. The highest BCUT2D eigenvalue weighted by atomic mass is 16.3. The Bertz CT molecular complexity index is 516. The molecule has 0 spiro atoms. The number of rotatable bonds is 0. The van der Waals surface area contributed by atoms with Crippen LogP contribution in [0.15, 0.2) is 18.2 Å². The topological polar surface area (TPSA) is 62.0 Å². The molecule has 0 aliphatic heterocycles. The Morgan fingerprint density at radius 1 is 1.40 bits per heavy atom. The van der Waals surface area contributed by atoms with Gasteiger partial charge < -0.3 is 15.8 Å². The Morgan fingerprint density at radius 2 is 2.27 bits per heavy atom. The third-order valence-corrected chi connectivity index (χ3v) is 3.21. The van der Waals surface area contributed by atoms with Crippen molar-refractivity contribution in [1.82, 2.24) is 4.98 Å². The first kappa shape index (κ1) is 8.80. The smallest absolute Gasteiger partial charge is 0.117 e. The number of benzene rings is 1. The molecule has 0 fully saturated rings. The molecule has 2 aromatic rings. The van der Waals surface area contributed by atoms with Crippen molar-refractivity contribution in [2.75, 3.05) is 0 Å². The molecule has 0 bridgehead atoms. The van der Waals surface area contributed by atoms with E-state index in [1.165, 1.54) is 16.6 Å². The molecule has 3 nitrogen and oxygen atoms in total. The van der Waals surface area contributed by atoms with E-state index in [-0.39, 0.29) is 6.04 Å². The quantitative estimate of drug-likeness (QED) is 0.608. The number of hydrogen-bond donors (Lipinski definition) is 3. The Labute approximate surface area is 87.9 Å². The standard InChI is InChI=1S/C12H14N2O/c13-7-1-4-11-10(5-7)9-3-2-8(15)6-12(9)14-11/h2-3,6-7,14-15H,1,4-5,13H2. The van der Waals surface area contributed by atoms with Crippen LogP contribution in [0.25, 0.3) is 10.9 Å². The van der Waals surface area contributed by atoms with E-state index in [0.29, 0.717) is 5.75 Å². The normalized spacial score (nSPS) is 20.5. The lowest BCUT2D eigenvalue weighted by Gasteiger charge is -2.17. The third-order valence-electron chi connectivity index (χ3n) is 3.21. The summed E-state index contributed by atoms with van der Waals surface area (Å²) in [6.45, 7) is 0. The van der Waals surface area contributed by atoms with E-state index in [9.17, 15) is 5.11 Å². The number of phenolic OH excluding ortho intramolecular Hbond substituents is 1. The van der Waals surface area contributed by atoms with Crippen LogP contribution < -0.4 is 5.73 Å². The summed E-state index contributed by atoms with van der Waals surface area (Å²) in [5.74, 6) is 0.311. The highest BCUT2D eigenvalue weighted by Gasteiger charge is 2.19. The van der Waals surface area contributed by atoms with Crippen molar-refractivity contribution in [3.63, 3.8) is 0 Å². The minimum atomic E-state index is 0.283. The molecule has 1 atom stereocenters. The van der Waals surface area contributed by atoms with Crippen molar-refractivity contribution in [3.8, 4) is 5.75 Å². The minimum absolute atomic E-state index is 0.283. The highest BCUT2D eigenvalue weighted by molar-refractivity contribution is 5.86. The largest absolute Gasteiger partial charge is 0.508 e. The second-order valence-electron chi connectivity index (χ2n) is 4.31. The Kier molecular flexibility index (Phi) is 1.76. The van der Waals surface area contributed by atoms with E-state index < -0.39 is 0 Å². The fourth-order valence-electron chi connectivity index (χ4n) is 2.44. The Morgan fingerprint density at radius 3 is 3.13 bits per heavy atom. The van der Waals surface area contributed by atoms with Crippen LogP contribution in [0.3, 0.4) is 0 Å². The van der Waals surface area contributed by atoms with Crippen LogP contribution in [0.4, 0.5) is 0 Å². The van der Waals surface area contributed by atoms with Gasteiger partial charge in [-0.3, -0.25) is 0 Å². The van der Waals surface area contributed by atoms with E-state index in [1.807, 2.05) is 6.07 Å². The number of aryl methyl sites for hydroxylation is 1. The number of H-pyrrole nitrogens is 1. The van der Waals surface area contributed by atoms with Crippen LogP contribution in [0.1, 0.15) is 17.7 Å². The number of nitrogens with one attached hydrogen (secondary N) is 1. The first-order valence-electron chi connectivity index (χ1n) is 5.32. The summed E-state index contributed by atoms with van der Waals surface area (Å²) in [4.78, 5) is 3.36. The molecule has 78 valence electrons. The monoisotopic (exact) mass is 202 g/mol. The van der Waals surface area contributed by atoms with Crippen molar-refractivity contribution in [1.29, 1.82) is 0 Å². The van der Waals surface area contributed by atoms with Crippen molar-refractivity contribution < 1.29 is 5.11 Å². The van der Waals surface area contributed by atoms with Crippen LogP contribution in [-0.4, -0.2) is 16.1 Å². The molecule has 0 saturated carbocycles. The molecule has 3 heteroatoms. The average molecular weight is 202 g/mol. The van der Waals surface area contributed by atoms with Gasteiger partial charge in [-0.1, -0.05) is 0 Å². The molecule has 3 rings (SSSR count). The fourth-order valence-corrected chi connectivity index (χ4v) is 2.44. The van der Waals surface area contributed by atoms with Gasteiger partial charge in [0.15, 0.2) is 0 Å². The predicted octanol–water partition coefficient (Wildman–Crippen LogP) is 1.69. The van der Waals surface area contributed by atoms with Crippen molar-refractivity contribution >= 4 is 10.9 Å². The molecular formula is C12H14N2O. The van der Waals surface area contributed by atoms with Gasteiger partial charge in [-0.2, -0.15) is 0 Å². The van der Waals surface area contributed by atoms with Crippen LogP contribution in [0.5, 0.6) is 5.75 Å². The molecule has 1 aliphatic rings. The summed E-state index contributed by atoms with van der Waals surface area (Å²) >= 11 is 0. The summed E-state index contributed by atoms with van der Waals surface area (Å²) in [5.41, 5.74) is 9.61.